The first-order valence-electron chi connectivity index (χ1n) is 4.29. The molecule has 2 rings (SSSR count). The van der Waals surface area contributed by atoms with Crippen molar-refractivity contribution in [3.05, 3.63) is 0 Å². The molecule has 2 aliphatic carbocycles. The van der Waals surface area contributed by atoms with Crippen molar-refractivity contribution in [3.63, 3.8) is 0 Å². The Morgan fingerprint density at radius 2 is 2.00 bits per heavy atom. The highest BCUT2D eigenvalue weighted by atomic mass is 16.1. The van der Waals surface area contributed by atoms with Crippen molar-refractivity contribution < 1.29 is 9.59 Å². The van der Waals surface area contributed by atoms with E-state index in [9.17, 15) is 9.59 Å². The standard InChI is InChI=1S/C9H12O2/c10-6-9(4-1-5-9)8(11)7-2-3-7/h6-7H,1-5H2. The lowest BCUT2D eigenvalue weighted by molar-refractivity contribution is -0.140. The topological polar surface area (TPSA) is 34.1 Å². The third kappa shape index (κ3) is 0.924. The average Bonchev–Trinajstić information content (AvgIpc) is 2.66. The van der Waals surface area contributed by atoms with E-state index in [4.69, 9.17) is 0 Å². The molecule has 2 fully saturated rings. The first-order valence-corrected chi connectivity index (χ1v) is 4.29. The van der Waals surface area contributed by atoms with Crippen molar-refractivity contribution in [1.29, 1.82) is 0 Å². The summed E-state index contributed by atoms with van der Waals surface area (Å²) in [6, 6.07) is 0. The first-order chi connectivity index (χ1) is 5.28. The lowest BCUT2D eigenvalue weighted by atomic mass is 9.66. The van der Waals surface area contributed by atoms with Crippen LogP contribution < -0.4 is 0 Å². The average molecular weight is 152 g/mol. The molecular weight excluding hydrogens is 140 g/mol. The zero-order valence-corrected chi connectivity index (χ0v) is 6.51. The van der Waals surface area contributed by atoms with Crippen molar-refractivity contribution in [2.75, 3.05) is 0 Å². The van der Waals surface area contributed by atoms with Crippen molar-refractivity contribution in [2.45, 2.75) is 32.1 Å². The van der Waals surface area contributed by atoms with Gasteiger partial charge in [0.1, 0.15) is 12.1 Å². The third-order valence-corrected chi connectivity index (χ3v) is 2.91. The molecule has 60 valence electrons. The molecule has 2 nitrogen and oxygen atoms in total. The second kappa shape index (κ2) is 2.16. The maximum atomic E-state index is 11.5. The van der Waals surface area contributed by atoms with Crippen molar-refractivity contribution in [1.82, 2.24) is 0 Å². The Hall–Kier alpha value is -0.660. The minimum atomic E-state index is -0.513. The van der Waals surface area contributed by atoms with Gasteiger partial charge < -0.3 is 4.79 Å². The van der Waals surface area contributed by atoms with Crippen LogP contribution in [0.3, 0.4) is 0 Å². The quantitative estimate of drug-likeness (QED) is 0.451. The molecule has 0 heterocycles. The van der Waals surface area contributed by atoms with Crippen LogP contribution in [0.5, 0.6) is 0 Å². The zero-order chi connectivity index (χ0) is 7.90. The number of hydrogen-bond acceptors (Lipinski definition) is 2. The predicted molar refractivity (Wildman–Crippen MR) is 40.1 cm³/mol. The molecule has 2 saturated carbocycles. The monoisotopic (exact) mass is 152 g/mol. The van der Waals surface area contributed by atoms with E-state index in [2.05, 4.69) is 0 Å². The summed E-state index contributed by atoms with van der Waals surface area (Å²) < 4.78 is 0. The molecule has 0 atom stereocenters. The maximum absolute atomic E-state index is 11.5. The van der Waals surface area contributed by atoms with E-state index in [1.807, 2.05) is 0 Å². The molecule has 0 aromatic heterocycles. The van der Waals surface area contributed by atoms with E-state index in [1.54, 1.807) is 0 Å². The Morgan fingerprint density at radius 1 is 1.36 bits per heavy atom. The summed E-state index contributed by atoms with van der Waals surface area (Å²) in [6.07, 6.45) is 5.61. The van der Waals surface area contributed by atoms with Crippen molar-refractivity contribution >= 4 is 12.1 Å². The molecule has 0 aromatic rings. The normalized spacial score (nSPS) is 27.3. The summed E-state index contributed by atoms with van der Waals surface area (Å²) in [5, 5.41) is 0. The molecule has 0 unspecified atom stereocenters. The molecule has 0 spiro atoms. The summed E-state index contributed by atoms with van der Waals surface area (Å²) >= 11 is 0. The van der Waals surface area contributed by atoms with Crippen LogP contribution in [0.2, 0.25) is 0 Å². The van der Waals surface area contributed by atoms with Gasteiger partial charge in [0.05, 0.1) is 5.41 Å². The first kappa shape index (κ1) is 7.01. The summed E-state index contributed by atoms with van der Waals surface area (Å²) in [5.74, 6) is 0.485. The predicted octanol–water partition coefficient (Wildman–Crippen LogP) is 1.33. The Bertz CT molecular complexity index is 200. The minimum absolute atomic E-state index is 0.235. The molecule has 0 saturated heterocycles. The molecule has 0 amide bonds. The number of carbonyl (C=O) groups is 2. The molecule has 0 radical (unpaired) electrons. The molecule has 2 aliphatic rings. The molecule has 0 aromatic carbocycles. The van der Waals surface area contributed by atoms with Crippen LogP contribution in [-0.2, 0) is 9.59 Å². The summed E-state index contributed by atoms with van der Waals surface area (Å²) in [6.45, 7) is 0. The SMILES string of the molecule is O=CC1(C(=O)C2CC2)CCC1. The van der Waals surface area contributed by atoms with Gasteiger partial charge >= 0.3 is 0 Å². The summed E-state index contributed by atoms with van der Waals surface area (Å²) in [5.41, 5.74) is -0.513. The van der Waals surface area contributed by atoms with Gasteiger partial charge in [0, 0.05) is 5.92 Å². The highest BCUT2D eigenvalue weighted by Gasteiger charge is 2.49. The lowest BCUT2D eigenvalue weighted by Crippen LogP contribution is -2.40. The van der Waals surface area contributed by atoms with Gasteiger partial charge in [0.25, 0.3) is 0 Å². The number of aldehydes is 1. The van der Waals surface area contributed by atoms with Crippen LogP contribution in [0.15, 0.2) is 0 Å². The minimum Gasteiger partial charge on any atom is -0.302 e. The molecule has 0 bridgehead atoms. The van der Waals surface area contributed by atoms with Crippen molar-refractivity contribution in [2.24, 2.45) is 11.3 Å². The van der Waals surface area contributed by atoms with Crippen molar-refractivity contribution in [3.8, 4) is 0 Å². The maximum Gasteiger partial charge on any atom is 0.149 e. The Balaban J connectivity index is 2.09. The van der Waals surface area contributed by atoms with Gasteiger partial charge in [-0.15, -0.1) is 0 Å². The van der Waals surface area contributed by atoms with Crippen LogP contribution in [0.4, 0.5) is 0 Å². The number of ketones is 1. The van der Waals surface area contributed by atoms with E-state index in [1.165, 1.54) is 0 Å². The molecule has 2 heteroatoms. The second-order valence-electron chi connectivity index (χ2n) is 3.77. The third-order valence-electron chi connectivity index (χ3n) is 2.91. The van der Waals surface area contributed by atoms with Gasteiger partial charge in [0.2, 0.25) is 0 Å². The highest BCUT2D eigenvalue weighted by molar-refractivity contribution is 6.01. The summed E-state index contributed by atoms with van der Waals surface area (Å²) in [4.78, 5) is 22.2. The largest absolute Gasteiger partial charge is 0.302 e. The highest BCUT2D eigenvalue weighted by Crippen LogP contribution is 2.46. The van der Waals surface area contributed by atoms with Gasteiger partial charge in [-0.05, 0) is 25.7 Å². The van der Waals surface area contributed by atoms with Crippen LogP contribution in [0, 0.1) is 11.3 Å². The Labute approximate surface area is 66.0 Å². The molecule has 11 heavy (non-hydrogen) atoms. The van der Waals surface area contributed by atoms with E-state index < -0.39 is 5.41 Å². The van der Waals surface area contributed by atoms with Gasteiger partial charge in [-0.25, -0.2) is 0 Å². The van der Waals surface area contributed by atoms with Gasteiger partial charge in [0.15, 0.2) is 0 Å². The smallest absolute Gasteiger partial charge is 0.149 e. The number of rotatable bonds is 3. The number of Topliss-reactive ketones (excluding diaryl/α,β-unsaturated/α-hetero) is 1. The van der Waals surface area contributed by atoms with Crippen LogP contribution in [0.25, 0.3) is 0 Å². The van der Waals surface area contributed by atoms with E-state index >= 15 is 0 Å². The molecule has 0 N–H and O–H groups in total. The van der Waals surface area contributed by atoms with E-state index in [0.717, 1.165) is 38.4 Å². The van der Waals surface area contributed by atoms with Crippen LogP contribution >= 0.6 is 0 Å². The Morgan fingerprint density at radius 3 is 2.27 bits per heavy atom. The fourth-order valence-electron chi connectivity index (χ4n) is 1.73. The van der Waals surface area contributed by atoms with Crippen LogP contribution in [0.1, 0.15) is 32.1 Å². The van der Waals surface area contributed by atoms with Crippen LogP contribution in [-0.4, -0.2) is 12.1 Å². The number of hydrogen-bond donors (Lipinski definition) is 0. The van der Waals surface area contributed by atoms with Gasteiger partial charge in [-0.3, -0.25) is 4.79 Å². The fourth-order valence-corrected chi connectivity index (χ4v) is 1.73. The lowest BCUT2D eigenvalue weighted by Gasteiger charge is -2.34. The van der Waals surface area contributed by atoms with E-state index in [-0.39, 0.29) is 11.7 Å². The second-order valence-corrected chi connectivity index (χ2v) is 3.77. The summed E-state index contributed by atoms with van der Waals surface area (Å²) in [7, 11) is 0. The number of carbonyl (C=O) groups excluding carboxylic acids is 2. The fraction of sp³-hybridized carbons (Fsp3) is 0.778. The van der Waals surface area contributed by atoms with Gasteiger partial charge in [-0.1, -0.05) is 6.42 Å². The Kier molecular flexibility index (Phi) is 1.38. The zero-order valence-electron chi connectivity index (χ0n) is 6.51. The van der Waals surface area contributed by atoms with Gasteiger partial charge in [-0.2, -0.15) is 0 Å². The van der Waals surface area contributed by atoms with E-state index in [0.29, 0.717) is 0 Å². The molecular formula is C9H12O2. The molecule has 0 aliphatic heterocycles.